The van der Waals surface area contributed by atoms with Crippen molar-refractivity contribution in [1.82, 2.24) is 19.8 Å². The normalized spacial score (nSPS) is 21.5. The molecular formula is C21H28N4O. The van der Waals surface area contributed by atoms with Gasteiger partial charge in [-0.25, -0.2) is 9.97 Å². The van der Waals surface area contributed by atoms with Crippen LogP contribution in [0.4, 0.5) is 0 Å². The third kappa shape index (κ3) is 4.11. The number of hydrogen-bond acceptors (Lipinski definition) is 5. The molecule has 1 aliphatic carbocycles. The fourth-order valence-electron chi connectivity index (χ4n) is 4.20. The summed E-state index contributed by atoms with van der Waals surface area (Å²) in [5, 5.41) is 0. The zero-order valence-electron chi connectivity index (χ0n) is 15.6. The fourth-order valence-corrected chi connectivity index (χ4v) is 4.20. The molecule has 26 heavy (non-hydrogen) atoms. The van der Waals surface area contributed by atoms with Crippen molar-refractivity contribution < 1.29 is 4.74 Å². The first-order valence-corrected chi connectivity index (χ1v) is 9.64. The minimum Gasteiger partial charge on any atom is -0.377 e. The molecule has 0 N–H and O–H groups in total. The lowest BCUT2D eigenvalue weighted by Crippen LogP contribution is -2.51. The first-order valence-electron chi connectivity index (χ1n) is 9.64. The van der Waals surface area contributed by atoms with Gasteiger partial charge in [0.15, 0.2) is 5.82 Å². The van der Waals surface area contributed by atoms with Crippen molar-refractivity contribution in [3.05, 3.63) is 59.2 Å². The number of benzene rings is 1. The Morgan fingerprint density at radius 1 is 1.04 bits per heavy atom. The van der Waals surface area contributed by atoms with Gasteiger partial charge in [-0.2, -0.15) is 0 Å². The third-order valence-corrected chi connectivity index (χ3v) is 5.68. The second kappa shape index (κ2) is 8.25. The van der Waals surface area contributed by atoms with Gasteiger partial charge in [0.25, 0.3) is 0 Å². The fraction of sp³-hybridized carbons (Fsp3) is 0.524. The standard InChI is InChI=1S/C21H28N4O/c1-26-16-21-22-13-17(14-23-21)15-24-8-10-25(11-9-24)20-7-6-18-4-2-3-5-19(18)12-20/h2-5,13-14,20H,6-12,15-16H2,1H3/t20-/m0/s1. The van der Waals surface area contributed by atoms with Crippen LogP contribution in [0.25, 0.3) is 0 Å². The van der Waals surface area contributed by atoms with Crippen molar-refractivity contribution in [2.45, 2.75) is 38.5 Å². The summed E-state index contributed by atoms with van der Waals surface area (Å²) in [7, 11) is 1.67. The van der Waals surface area contributed by atoms with E-state index in [-0.39, 0.29) is 0 Å². The molecule has 0 saturated carbocycles. The van der Waals surface area contributed by atoms with Crippen molar-refractivity contribution in [2.75, 3.05) is 33.3 Å². The molecule has 0 unspecified atom stereocenters. The van der Waals surface area contributed by atoms with Gasteiger partial charge in [0.2, 0.25) is 0 Å². The van der Waals surface area contributed by atoms with Crippen molar-refractivity contribution in [3.8, 4) is 0 Å². The number of aromatic nitrogens is 2. The van der Waals surface area contributed by atoms with E-state index in [9.17, 15) is 0 Å². The smallest absolute Gasteiger partial charge is 0.153 e. The number of ether oxygens (including phenoxy) is 1. The van der Waals surface area contributed by atoms with Gasteiger partial charge in [0.1, 0.15) is 6.61 Å². The Labute approximate surface area is 156 Å². The van der Waals surface area contributed by atoms with E-state index in [0.717, 1.165) is 38.5 Å². The number of fused-ring (bicyclic) bond motifs is 1. The second-order valence-corrected chi connectivity index (χ2v) is 7.42. The van der Waals surface area contributed by atoms with Crippen molar-refractivity contribution >= 4 is 0 Å². The van der Waals surface area contributed by atoms with Gasteiger partial charge >= 0.3 is 0 Å². The summed E-state index contributed by atoms with van der Waals surface area (Å²) in [5.74, 6) is 0.749. The monoisotopic (exact) mass is 352 g/mol. The number of aryl methyl sites for hydroxylation is 1. The number of piperazine rings is 1. The van der Waals surface area contributed by atoms with Gasteiger partial charge in [-0.1, -0.05) is 24.3 Å². The summed E-state index contributed by atoms with van der Waals surface area (Å²) in [6.45, 7) is 5.99. The molecule has 138 valence electrons. The Morgan fingerprint density at radius 3 is 2.50 bits per heavy atom. The van der Waals surface area contributed by atoms with Gasteiger partial charge < -0.3 is 4.74 Å². The Morgan fingerprint density at radius 2 is 1.77 bits per heavy atom. The number of nitrogens with zero attached hydrogens (tertiary/aromatic N) is 4. The largest absolute Gasteiger partial charge is 0.377 e. The Hall–Kier alpha value is -1.82. The van der Waals surface area contributed by atoms with Crippen LogP contribution in [0.2, 0.25) is 0 Å². The van der Waals surface area contributed by atoms with E-state index in [2.05, 4.69) is 44.0 Å². The summed E-state index contributed by atoms with van der Waals surface area (Å²) in [4.78, 5) is 14.0. The summed E-state index contributed by atoms with van der Waals surface area (Å²) in [6, 6.07) is 9.67. The molecule has 1 aromatic carbocycles. The number of methoxy groups -OCH3 is 1. The molecule has 0 spiro atoms. The minimum absolute atomic E-state index is 0.476. The van der Waals surface area contributed by atoms with Crippen molar-refractivity contribution in [3.63, 3.8) is 0 Å². The molecule has 1 fully saturated rings. The van der Waals surface area contributed by atoms with Crippen LogP contribution in [-0.2, 0) is 30.7 Å². The molecule has 2 heterocycles. The van der Waals surface area contributed by atoms with Crippen molar-refractivity contribution in [1.29, 1.82) is 0 Å². The maximum atomic E-state index is 5.07. The average Bonchev–Trinajstić information content (AvgIpc) is 2.70. The quantitative estimate of drug-likeness (QED) is 0.826. The van der Waals surface area contributed by atoms with E-state index in [0.29, 0.717) is 12.6 Å². The predicted molar refractivity (Wildman–Crippen MR) is 102 cm³/mol. The first kappa shape index (κ1) is 17.6. The first-order chi connectivity index (χ1) is 12.8. The molecule has 5 heteroatoms. The average molecular weight is 352 g/mol. The summed E-state index contributed by atoms with van der Waals surface area (Å²) < 4.78 is 5.07. The highest BCUT2D eigenvalue weighted by Gasteiger charge is 2.27. The van der Waals surface area contributed by atoms with E-state index >= 15 is 0 Å². The highest BCUT2D eigenvalue weighted by molar-refractivity contribution is 5.30. The van der Waals surface area contributed by atoms with E-state index < -0.39 is 0 Å². The predicted octanol–water partition coefficient (Wildman–Crippen LogP) is 2.30. The molecule has 5 nitrogen and oxygen atoms in total. The molecular weight excluding hydrogens is 324 g/mol. The zero-order chi connectivity index (χ0) is 17.8. The van der Waals surface area contributed by atoms with Crippen LogP contribution in [0.1, 0.15) is 28.9 Å². The molecule has 4 rings (SSSR count). The van der Waals surface area contributed by atoms with Gasteiger partial charge in [-0.05, 0) is 30.4 Å². The lowest BCUT2D eigenvalue weighted by atomic mass is 9.87. The summed E-state index contributed by atoms with van der Waals surface area (Å²) in [6.07, 6.45) is 7.61. The summed E-state index contributed by atoms with van der Waals surface area (Å²) >= 11 is 0. The number of rotatable bonds is 5. The van der Waals surface area contributed by atoms with Gasteiger partial charge in [0.05, 0.1) is 0 Å². The maximum absolute atomic E-state index is 5.07. The Bertz CT molecular complexity index is 710. The van der Waals surface area contributed by atoms with Crippen molar-refractivity contribution in [2.24, 2.45) is 0 Å². The highest BCUT2D eigenvalue weighted by Crippen LogP contribution is 2.25. The van der Waals surface area contributed by atoms with E-state index in [1.807, 2.05) is 12.4 Å². The molecule has 0 radical (unpaired) electrons. The van der Waals surface area contributed by atoms with Crippen LogP contribution >= 0.6 is 0 Å². The highest BCUT2D eigenvalue weighted by atomic mass is 16.5. The molecule has 1 atom stereocenters. The molecule has 0 amide bonds. The van der Waals surface area contributed by atoms with Gasteiger partial charge in [-0.15, -0.1) is 0 Å². The van der Waals surface area contributed by atoms with Crippen LogP contribution in [0.15, 0.2) is 36.7 Å². The van der Waals surface area contributed by atoms with Crippen LogP contribution in [0, 0.1) is 0 Å². The second-order valence-electron chi connectivity index (χ2n) is 7.42. The van der Waals surface area contributed by atoms with E-state index in [1.54, 1.807) is 18.2 Å². The van der Waals surface area contributed by atoms with Gasteiger partial charge in [0, 0.05) is 63.8 Å². The van der Waals surface area contributed by atoms with Crippen LogP contribution in [0.5, 0.6) is 0 Å². The number of hydrogen-bond donors (Lipinski definition) is 0. The summed E-state index contributed by atoms with van der Waals surface area (Å²) in [5.41, 5.74) is 4.30. The van der Waals surface area contributed by atoms with Crippen LogP contribution in [-0.4, -0.2) is 59.1 Å². The topological polar surface area (TPSA) is 41.5 Å². The van der Waals surface area contributed by atoms with Crippen LogP contribution in [0.3, 0.4) is 0 Å². The SMILES string of the molecule is COCc1ncc(CN2CCN([C@H]3CCc4ccccc4C3)CC2)cn1. The molecule has 1 aromatic heterocycles. The van der Waals surface area contributed by atoms with E-state index in [1.165, 1.54) is 24.8 Å². The molecule has 1 aliphatic heterocycles. The lowest BCUT2D eigenvalue weighted by Gasteiger charge is -2.41. The van der Waals surface area contributed by atoms with Crippen LogP contribution < -0.4 is 0 Å². The molecule has 1 saturated heterocycles. The Balaban J connectivity index is 1.28. The molecule has 2 aromatic rings. The molecule has 2 aliphatic rings. The molecule has 0 bridgehead atoms. The lowest BCUT2D eigenvalue weighted by molar-refractivity contribution is 0.0855. The third-order valence-electron chi connectivity index (χ3n) is 5.68. The van der Waals surface area contributed by atoms with Gasteiger partial charge in [-0.3, -0.25) is 9.80 Å². The minimum atomic E-state index is 0.476. The maximum Gasteiger partial charge on any atom is 0.153 e. The Kier molecular flexibility index (Phi) is 5.58. The van der Waals surface area contributed by atoms with E-state index in [4.69, 9.17) is 4.74 Å². The zero-order valence-corrected chi connectivity index (χ0v) is 15.6.